The van der Waals surface area contributed by atoms with Gasteiger partial charge in [0.05, 0.1) is 52.2 Å². The molecule has 254 valence electrons. The third-order valence-electron chi connectivity index (χ3n) is 8.10. The highest BCUT2D eigenvalue weighted by atomic mass is 19.1. The summed E-state index contributed by atoms with van der Waals surface area (Å²) in [6.45, 7) is 2.95. The number of carbonyl (C=O) groups excluding carboxylic acids is 3. The molecule has 11 nitrogen and oxygen atoms in total. The average Bonchev–Trinajstić information content (AvgIpc) is 3.76. The standard InChI is InChI=1S/C36H40FN3O8/c1-44-14-15-46-16-17-47-18-19-48-30-12-13-31(45-2)33(37)32(30)34(41)24-7-9-25(10-8-24)35(42)39-28-21-38-22-29(28)40-36(43)27-11-6-23-4-3-5-26(23)20-27/h3-4,6-13,20,28-29,38H,5,14-19,21-22H2,1-2H3,(H,39,42)(H,40,43)/t28-,29+/m1/s1. The first kappa shape index (κ1) is 34.7. The maximum absolute atomic E-state index is 15.4. The highest BCUT2D eigenvalue weighted by Gasteiger charge is 2.31. The van der Waals surface area contributed by atoms with Crippen molar-refractivity contribution in [1.29, 1.82) is 0 Å². The lowest BCUT2D eigenvalue weighted by Gasteiger charge is -2.21. The van der Waals surface area contributed by atoms with E-state index in [1.807, 2.05) is 18.2 Å². The van der Waals surface area contributed by atoms with Gasteiger partial charge in [-0.05, 0) is 53.9 Å². The maximum Gasteiger partial charge on any atom is 0.251 e. The molecule has 0 bridgehead atoms. The lowest BCUT2D eigenvalue weighted by molar-refractivity contribution is 0.0179. The molecule has 1 aliphatic carbocycles. The number of hydrogen-bond donors (Lipinski definition) is 3. The van der Waals surface area contributed by atoms with Gasteiger partial charge < -0.3 is 39.6 Å². The van der Waals surface area contributed by atoms with E-state index >= 15 is 4.39 Å². The van der Waals surface area contributed by atoms with Crippen molar-refractivity contribution in [3.05, 3.63) is 99.9 Å². The van der Waals surface area contributed by atoms with Crippen LogP contribution in [-0.2, 0) is 20.6 Å². The Morgan fingerprint density at radius 1 is 0.771 bits per heavy atom. The minimum atomic E-state index is -0.854. The number of halogens is 1. The summed E-state index contributed by atoms with van der Waals surface area (Å²) in [5, 5.41) is 9.22. The fraction of sp³-hybridized carbons (Fsp3) is 0.361. The highest BCUT2D eigenvalue weighted by molar-refractivity contribution is 6.11. The third-order valence-corrected chi connectivity index (χ3v) is 8.10. The van der Waals surface area contributed by atoms with E-state index < -0.39 is 11.6 Å². The quantitative estimate of drug-likeness (QED) is 0.147. The fourth-order valence-corrected chi connectivity index (χ4v) is 5.51. The number of fused-ring (bicyclic) bond motifs is 1. The first-order chi connectivity index (χ1) is 23.4. The number of hydrogen-bond acceptors (Lipinski definition) is 9. The van der Waals surface area contributed by atoms with E-state index in [0.29, 0.717) is 50.6 Å². The van der Waals surface area contributed by atoms with Gasteiger partial charge in [-0.1, -0.05) is 30.4 Å². The van der Waals surface area contributed by atoms with Crippen LogP contribution in [0, 0.1) is 5.82 Å². The van der Waals surface area contributed by atoms with E-state index in [1.54, 1.807) is 13.2 Å². The van der Waals surface area contributed by atoms with Crippen molar-refractivity contribution in [2.75, 3.05) is 67.0 Å². The minimum Gasteiger partial charge on any atom is -0.494 e. The molecule has 2 amide bonds. The van der Waals surface area contributed by atoms with Gasteiger partial charge in [-0.25, -0.2) is 4.39 Å². The SMILES string of the molecule is COCCOCCOCCOc1ccc(OC)c(F)c1C(=O)c1ccc(C(=O)N[C@@H]2CNC[C@@H]2NC(=O)c2ccc3c(c2)CC=C3)cc1. The zero-order valence-electron chi connectivity index (χ0n) is 27.0. The van der Waals surface area contributed by atoms with E-state index in [9.17, 15) is 14.4 Å². The van der Waals surface area contributed by atoms with Crippen LogP contribution in [0.15, 0.2) is 60.7 Å². The summed E-state index contributed by atoms with van der Waals surface area (Å²) in [7, 11) is 2.90. The number of methoxy groups -OCH3 is 2. The Balaban J connectivity index is 1.17. The molecule has 1 saturated heterocycles. The number of ketones is 1. The van der Waals surface area contributed by atoms with Crippen molar-refractivity contribution < 1.29 is 42.5 Å². The number of allylic oxidation sites excluding steroid dienone is 1. The van der Waals surface area contributed by atoms with Crippen molar-refractivity contribution in [3.63, 3.8) is 0 Å². The molecule has 1 aliphatic heterocycles. The van der Waals surface area contributed by atoms with Gasteiger partial charge in [0.25, 0.3) is 11.8 Å². The first-order valence-electron chi connectivity index (χ1n) is 15.8. The summed E-state index contributed by atoms with van der Waals surface area (Å²) in [6, 6.07) is 13.7. The Morgan fingerprint density at radius 2 is 1.38 bits per heavy atom. The van der Waals surface area contributed by atoms with Crippen molar-refractivity contribution >= 4 is 23.7 Å². The van der Waals surface area contributed by atoms with Gasteiger partial charge in [0.15, 0.2) is 17.3 Å². The molecule has 0 radical (unpaired) electrons. The molecule has 3 aromatic rings. The topological polar surface area (TPSA) is 133 Å². The van der Waals surface area contributed by atoms with Gasteiger partial charge in [0.1, 0.15) is 17.9 Å². The molecule has 0 saturated carbocycles. The molecule has 0 spiro atoms. The van der Waals surface area contributed by atoms with Crippen molar-refractivity contribution in [2.45, 2.75) is 18.5 Å². The average molecular weight is 662 g/mol. The summed E-state index contributed by atoms with van der Waals surface area (Å²) in [4.78, 5) is 39.7. The van der Waals surface area contributed by atoms with Gasteiger partial charge >= 0.3 is 0 Å². The number of nitrogens with one attached hydrogen (secondary N) is 3. The van der Waals surface area contributed by atoms with Crippen LogP contribution in [0.25, 0.3) is 6.08 Å². The zero-order valence-corrected chi connectivity index (χ0v) is 27.0. The summed E-state index contributed by atoms with van der Waals surface area (Å²) in [5.74, 6) is -2.13. The second-order valence-corrected chi connectivity index (χ2v) is 11.3. The Hall–Kier alpha value is -4.62. The predicted octanol–water partition coefficient (Wildman–Crippen LogP) is 3.19. The lowest BCUT2D eigenvalue weighted by Crippen LogP contribution is -2.51. The predicted molar refractivity (Wildman–Crippen MR) is 176 cm³/mol. The number of ether oxygens (including phenoxy) is 5. The Bertz CT molecular complexity index is 1630. The van der Waals surface area contributed by atoms with Gasteiger partial charge in [-0.3, -0.25) is 14.4 Å². The molecule has 0 aromatic heterocycles. The molecule has 48 heavy (non-hydrogen) atoms. The van der Waals surface area contributed by atoms with Crippen LogP contribution in [0.1, 0.15) is 47.8 Å². The fourth-order valence-electron chi connectivity index (χ4n) is 5.51. The third kappa shape index (κ3) is 8.64. The number of amides is 2. The van der Waals surface area contributed by atoms with Crippen molar-refractivity contribution in [3.8, 4) is 11.5 Å². The molecule has 0 unspecified atom stereocenters. The zero-order chi connectivity index (χ0) is 33.9. The molecule has 2 aliphatic rings. The van der Waals surface area contributed by atoms with Crippen molar-refractivity contribution in [2.24, 2.45) is 0 Å². The molecular formula is C36H40FN3O8. The molecule has 3 aromatic carbocycles. The summed E-state index contributed by atoms with van der Waals surface area (Å²) >= 11 is 0. The maximum atomic E-state index is 15.4. The minimum absolute atomic E-state index is 0.0402. The second kappa shape index (κ2) is 17.0. The normalized spacial score (nSPS) is 16.4. The summed E-state index contributed by atoms with van der Waals surface area (Å²) in [6.07, 6.45) is 4.90. The van der Waals surface area contributed by atoms with Gasteiger partial charge in [-0.2, -0.15) is 0 Å². The summed E-state index contributed by atoms with van der Waals surface area (Å²) in [5.41, 5.74) is 2.98. The van der Waals surface area contributed by atoms with E-state index in [4.69, 9.17) is 23.7 Å². The molecule has 1 fully saturated rings. The molecular weight excluding hydrogens is 621 g/mol. The Morgan fingerprint density at radius 3 is 2.06 bits per heavy atom. The number of rotatable bonds is 17. The summed E-state index contributed by atoms with van der Waals surface area (Å²) < 4.78 is 41.9. The van der Waals surface area contributed by atoms with Gasteiger partial charge in [-0.15, -0.1) is 0 Å². The van der Waals surface area contributed by atoms with Crippen LogP contribution >= 0.6 is 0 Å². The van der Waals surface area contributed by atoms with Gasteiger partial charge in [0.2, 0.25) is 0 Å². The number of benzene rings is 3. The van der Waals surface area contributed by atoms with E-state index in [1.165, 1.54) is 43.5 Å². The van der Waals surface area contributed by atoms with E-state index in [0.717, 1.165) is 17.5 Å². The van der Waals surface area contributed by atoms with Crippen LogP contribution in [0.2, 0.25) is 0 Å². The van der Waals surface area contributed by atoms with Crippen LogP contribution < -0.4 is 25.4 Å². The molecule has 5 rings (SSSR count). The van der Waals surface area contributed by atoms with Crippen LogP contribution in [0.3, 0.4) is 0 Å². The van der Waals surface area contributed by atoms with Crippen LogP contribution in [-0.4, -0.2) is 96.6 Å². The van der Waals surface area contributed by atoms with E-state index in [-0.39, 0.29) is 59.7 Å². The van der Waals surface area contributed by atoms with Crippen LogP contribution in [0.4, 0.5) is 4.39 Å². The molecule has 3 N–H and O–H groups in total. The first-order valence-corrected chi connectivity index (χ1v) is 15.8. The van der Waals surface area contributed by atoms with Crippen molar-refractivity contribution in [1.82, 2.24) is 16.0 Å². The lowest BCUT2D eigenvalue weighted by atomic mass is 10.00. The second-order valence-electron chi connectivity index (χ2n) is 11.3. The van der Waals surface area contributed by atoms with Gasteiger partial charge in [0, 0.05) is 36.9 Å². The molecule has 1 heterocycles. The Kier molecular flexibility index (Phi) is 12.3. The largest absolute Gasteiger partial charge is 0.494 e. The highest BCUT2D eigenvalue weighted by Crippen LogP contribution is 2.31. The van der Waals surface area contributed by atoms with Crippen LogP contribution in [0.5, 0.6) is 11.5 Å². The van der Waals surface area contributed by atoms with E-state index in [2.05, 4.69) is 22.0 Å². The Labute approximate surface area is 278 Å². The molecule has 12 heteroatoms. The number of carbonyl (C=O) groups is 3. The smallest absolute Gasteiger partial charge is 0.251 e. The monoisotopic (exact) mass is 661 g/mol. The molecule has 2 atom stereocenters.